The van der Waals surface area contributed by atoms with E-state index in [2.05, 4.69) is 36.2 Å². The van der Waals surface area contributed by atoms with Crippen LogP contribution in [0.4, 0.5) is 0 Å². The zero-order valence-electron chi connectivity index (χ0n) is 21.5. The normalized spacial score (nSPS) is 45.3. The summed E-state index contributed by atoms with van der Waals surface area (Å²) in [6.07, 6.45) is 14.7. The largest absolute Gasteiger partial charge is 0.442 e. The molecule has 8 rings (SSSR count). The van der Waals surface area contributed by atoms with Crippen LogP contribution in [0.5, 0.6) is 5.75 Å². The summed E-state index contributed by atoms with van der Waals surface area (Å²) < 4.78 is 13.0. The van der Waals surface area contributed by atoms with Crippen LogP contribution in [0.3, 0.4) is 0 Å². The molecular formula is C30H42N2O4. The summed E-state index contributed by atoms with van der Waals surface area (Å²) in [6, 6.07) is 9.26. The Morgan fingerprint density at radius 1 is 0.917 bits per heavy atom. The number of rotatable bonds is 5. The summed E-state index contributed by atoms with van der Waals surface area (Å²) in [7, 11) is 0. The summed E-state index contributed by atoms with van der Waals surface area (Å²) in [5.74, 6) is 3.55. The quantitative estimate of drug-likeness (QED) is 0.393. The number of benzene rings is 1. The first kappa shape index (κ1) is 23.5. The average molecular weight is 495 g/mol. The molecule has 1 aromatic rings. The van der Waals surface area contributed by atoms with Gasteiger partial charge in [-0.15, -0.1) is 0 Å². The Bertz CT molecular complexity index is 944. The van der Waals surface area contributed by atoms with E-state index < -0.39 is 11.6 Å². The van der Waals surface area contributed by atoms with Gasteiger partial charge in [0.05, 0.1) is 0 Å². The van der Waals surface area contributed by atoms with E-state index in [1.165, 1.54) is 37.7 Å². The molecule has 3 N–H and O–H groups in total. The van der Waals surface area contributed by atoms with E-state index in [9.17, 15) is 0 Å². The van der Waals surface area contributed by atoms with Gasteiger partial charge in [0.25, 0.3) is 0 Å². The Balaban J connectivity index is 0.980. The van der Waals surface area contributed by atoms with Crippen LogP contribution in [0.2, 0.25) is 0 Å². The molecule has 4 bridgehead atoms. The van der Waals surface area contributed by atoms with Crippen LogP contribution in [0.1, 0.15) is 95.0 Å². The molecule has 7 fully saturated rings. The smallest absolute Gasteiger partial charge is 0.210 e. The van der Waals surface area contributed by atoms with Gasteiger partial charge >= 0.3 is 0 Å². The molecule has 1 aromatic carbocycles. The van der Waals surface area contributed by atoms with Crippen LogP contribution in [-0.2, 0) is 14.5 Å². The van der Waals surface area contributed by atoms with Crippen LogP contribution in [0.25, 0.3) is 0 Å². The van der Waals surface area contributed by atoms with E-state index in [0.717, 1.165) is 69.0 Å². The molecule has 0 radical (unpaired) electrons. The fourth-order valence-electron chi connectivity index (χ4n) is 8.73. The van der Waals surface area contributed by atoms with Crippen molar-refractivity contribution >= 4 is 0 Å². The van der Waals surface area contributed by atoms with Crippen molar-refractivity contribution in [3.63, 3.8) is 0 Å². The van der Waals surface area contributed by atoms with Crippen molar-refractivity contribution in [1.29, 1.82) is 0 Å². The van der Waals surface area contributed by atoms with E-state index in [1.54, 1.807) is 0 Å². The second-order valence-corrected chi connectivity index (χ2v) is 12.8. The van der Waals surface area contributed by atoms with Gasteiger partial charge in [-0.1, -0.05) is 12.1 Å². The summed E-state index contributed by atoms with van der Waals surface area (Å²) in [5, 5.41) is 3.43. The maximum absolute atomic E-state index is 6.96. The summed E-state index contributed by atoms with van der Waals surface area (Å²) in [4.78, 5) is 12.5. The Morgan fingerprint density at radius 2 is 1.61 bits per heavy atom. The van der Waals surface area contributed by atoms with E-state index >= 15 is 0 Å². The van der Waals surface area contributed by atoms with Gasteiger partial charge in [-0.2, -0.15) is 9.78 Å². The van der Waals surface area contributed by atoms with Crippen molar-refractivity contribution in [2.45, 2.75) is 113 Å². The molecule has 1 heterocycles. The molecule has 6 saturated carbocycles. The predicted octanol–water partition coefficient (Wildman–Crippen LogP) is 5.88. The molecule has 1 aliphatic heterocycles. The molecule has 2 spiro atoms. The first-order valence-electron chi connectivity index (χ1n) is 14.5. The highest BCUT2D eigenvalue weighted by Gasteiger charge is 2.67. The molecule has 36 heavy (non-hydrogen) atoms. The Labute approximate surface area is 215 Å². The molecule has 2 atom stereocenters. The molecular weight excluding hydrogens is 452 g/mol. The van der Waals surface area contributed by atoms with E-state index in [-0.39, 0.29) is 0 Å². The average Bonchev–Trinajstić information content (AvgIpc) is 3.23. The minimum absolute atomic E-state index is 0.341. The van der Waals surface area contributed by atoms with Crippen molar-refractivity contribution in [3.05, 3.63) is 42.3 Å². The van der Waals surface area contributed by atoms with Crippen molar-refractivity contribution in [2.75, 3.05) is 0 Å². The number of nitrogens with one attached hydrogen (secondary N) is 1. The number of ether oxygens (including phenoxy) is 2. The van der Waals surface area contributed by atoms with Crippen molar-refractivity contribution in [2.24, 2.45) is 29.4 Å². The van der Waals surface area contributed by atoms with Gasteiger partial charge in [-0.3, -0.25) is 0 Å². The molecule has 6 aliphatic carbocycles. The fourth-order valence-corrected chi connectivity index (χ4v) is 8.73. The van der Waals surface area contributed by atoms with Crippen LogP contribution in [-0.4, -0.2) is 23.7 Å². The predicted molar refractivity (Wildman–Crippen MR) is 137 cm³/mol. The maximum Gasteiger partial charge on any atom is 0.210 e. The summed E-state index contributed by atoms with van der Waals surface area (Å²) in [6.45, 7) is 4.08. The van der Waals surface area contributed by atoms with Crippen LogP contribution < -0.4 is 15.8 Å². The van der Waals surface area contributed by atoms with Crippen molar-refractivity contribution < 1.29 is 19.2 Å². The van der Waals surface area contributed by atoms with Gasteiger partial charge in [0.1, 0.15) is 5.75 Å². The molecule has 1 saturated heterocycles. The summed E-state index contributed by atoms with van der Waals surface area (Å²) in [5.41, 5.74) is 7.34. The standard InChI is InChI=1S/C30H42N2O4/c1-19(32-27-8-6-26(31)7-9-27)33-28-10-4-22(5-11-28)23-3-2-12-29(18-23)34-30(36-35-29)24-14-20-13-21(16-24)17-25(30)15-20/h4-5,10-11,20-21,23-27,32H,1-3,6-9,12-18,31H2. The molecule has 6 heteroatoms. The van der Waals surface area contributed by atoms with Gasteiger partial charge in [0.15, 0.2) is 5.88 Å². The van der Waals surface area contributed by atoms with Crippen molar-refractivity contribution in [1.82, 2.24) is 5.32 Å². The number of hydrogen-bond acceptors (Lipinski definition) is 6. The highest BCUT2D eigenvalue weighted by atomic mass is 17.3. The zero-order valence-corrected chi connectivity index (χ0v) is 21.5. The topological polar surface area (TPSA) is 75.0 Å². The molecule has 6 nitrogen and oxygen atoms in total. The number of hydrogen-bond donors (Lipinski definition) is 2. The monoisotopic (exact) mass is 494 g/mol. The maximum atomic E-state index is 6.96. The summed E-state index contributed by atoms with van der Waals surface area (Å²) >= 11 is 0. The molecule has 0 amide bonds. The molecule has 2 unspecified atom stereocenters. The second-order valence-electron chi connectivity index (χ2n) is 12.8. The lowest BCUT2D eigenvalue weighted by Crippen LogP contribution is -2.59. The van der Waals surface area contributed by atoms with Crippen LogP contribution in [0, 0.1) is 23.7 Å². The Hall–Kier alpha value is -1.60. The minimum Gasteiger partial charge on any atom is -0.442 e. The minimum atomic E-state index is -0.589. The highest BCUT2D eigenvalue weighted by molar-refractivity contribution is 5.31. The van der Waals surface area contributed by atoms with Crippen LogP contribution >= 0.6 is 0 Å². The van der Waals surface area contributed by atoms with Gasteiger partial charge < -0.3 is 20.5 Å². The fraction of sp³-hybridized carbons (Fsp3) is 0.733. The molecule has 0 aromatic heterocycles. The van der Waals surface area contributed by atoms with Crippen LogP contribution in [0.15, 0.2) is 36.7 Å². The third-order valence-electron chi connectivity index (χ3n) is 10.3. The first-order chi connectivity index (χ1) is 17.5. The van der Waals surface area contributed by atoms with Gasteiger partial charge in [0.2, 0.25) is 11.6 Å². The number of nitrogens with two attached hydrogens (primary N) is 1. The van der Waals surface area contributed by atoms with E-state index in [4.69, 9.17) is 25.0 Å². The lowest BCUT2D eigenvalue weighted by molar-refractivity contribution is -0.390. The first-order valence-corrected chi connectivity index (χ1v) is 14.5. The van der Waals surface area contributed by atoms with Gasteiger partial charge in [-0.25, -0.2) is 0 Å². The second kappa shape index (κ2) is 9.00. The van der Waals surface area contributed by atoms with Gasteiger partial charge in [-0.05, 0) is 113 Å². The lowest BCUT2D eigenvalue weighted by Gasteiger charge is -2.57. The lowest BCUT2D eigenvalue weighted by atomic mass is 9.53. The van der Waals surface area contributed by atoms with Crippen molar-refractivity contribution in [3.8, 4) is 5.75 Å². The Kier molecular flexibility index (Phi) is 5.88. The molecule has 7 aliphatic rings. The zero-order chi connectivity index (χ0) is 24.3. The van der Waals surface area contributed by atoms with E-state index in [0.29, 0.717) is 35.7 Å². The van der Waals surface area contributed by atoms with E-state index in [1.807, 2.05) is 0 Å². The Morgan fingerprint density at radius 3 is 2.31 bits per heavy atom. The molecule has 196 valence electrons. The third-order valence-corrected chi connectivity index (χ3v) is 10.3. The van der Waals surface area contributed by atoms with Gasteiger partial charge in [0, 0.05) is 36.8 Å². The highest BCUT2D eigenvalue weighted by Crippen LogP contribution is 2.64. The third kappa shape index (κ3) is 4.18. The SMILES string of the molecule is C=C(NC1CCC(N)CC1)Oc1ccc(C2CCCC3(C2)OOC2(O3)C3CC4CC(C3)CC2C4)cc1.